The van der Waals surface area contributed by atoms with E-state index < -0.39 is 0 Å². The Hall–Kier alpha value is -2.83. The summed E-state index contributed by atoms with van der Waals surface area (Å²) in [6.07, 6.45) is 2.82. The molecule has 21 heavy (non-hydrogen) atoms. The van der Waals surface area contributed by atoms with E-state index >= 15 is 0 Å². The van der Waals surface area contributed by atoms with Gasteiger partial charge in [0.2, 0.25) is 0 Å². The van der Waals surface area contributed by atoms with Gasteiger partial charge >= 0.3 is 0 Å². The molecule has 2 N–H and O–H groups in total. The summed E-state index contributed by atoms with van der Waals surface area (Å²) in [5.74, 6) is -0.259. The van der Waals surface area contributed by atoms with Crippen molar-refractivity contribution in [3.8, 4) is 0 Å². The van der Waals surface area contributed by atoms with Gasteiger partial charge in [-0.25, -0.2) is 19.3 Å². The zero-order chi connectivity index (χ0) is 14.8. The van der Waals surface area contributed by atoms with E-state index in [1.54, 1.807) is 22.8 Å². The van der Waals surface area contributed by atoms with Crippen LogP contribution in [0.1, 0.15) is 5.56 Å². The van der Waals surface area contributed by atoms with Gasteiger partial charge in [-0.3, -0.25) is 4.79 Å². The largest absolute Gasteiger partial charge is 0.382 e. The summed E-state index contributed by atoms with van der Waals surface area (Å²) in [6, 6.07) is 6.22. The maximum atomic E-state index is 13.5. The summed E-state index contributed by atoms with van der Waals surface area (Å²) in [7, 11) is 0. The molecule has 106 valence electrons. The standard InChI is InChI=1S/C14H12FN5O/c15-11-4-2-1-3-9(11)5-10(21)6-20-8-19-12-13(16)17-7-18-14(12)20/h1-4,7-8H,5-6H2,(H2,16,17,18). The molecular formula is C14H12FN5O. The molecule has 0 amide bonds. The second kappa shape index (κ2) is 5.28. The molecule has 0 spiro atoms. The molecule has 0 aliphatic rings. The smallest absolute Gasteiger partial charge is 0.165 e. The topological polar surface area (TPSA) is 86.7 Å². The number of benzene rings is 1. The van der Waals surface area contributed by atoms with Crippen LogP contribution in [0.15, 0.2) is 36.9 Å². The number of Topliss-reactive ketones (excluding diaryl/α,β-unsaturated/α-hetero) is 1. The zero-order valence-electron chi connectivity index (χ0n) is 11.0. The third-order valence-corrected chi connectivity index (χ3v) is 3.12. The van der Waals surface area contributed by atoms with Crippen LogP contribution in [0.2, 0.25) is 0 Å². The first-order valence-electron chi connectivity index (χ1n) is 6.31. The first kappa shape index (κ1) is 13.2. The average Bonchev–Trinajstić information content (AvgIpc) is 2.86. The van der Waals surface area contributed by atoms with E-state index in [-0.39, 0.29) is 30.4 Å². The molecule has 3 rings (SSSR count). The van der Waals surface area contributed by atoms with Crippen molar-refractivity contribution in [2.24, 2.45) is 0 Å². The van der Waals surface area contributed by atoms with Crippen molar-refractivity contribution >= 4 is 22.8 Å². The van der Waals surface area contributed by atoms with Crippen molar-refractivity contribution < 1.29 is 9.18 Å². The van der Waals surface area contributed by atoms with Crippen molar-refractivity contribution in [2.45, 2.75) is 13.0 Å². The fourth-order valence-electron chi connectivity index (χ4n) is 2.11. The molecular weight excluding hydrogens is 273 g/mol. The summed E-state index contributed by atoms with van der Waals surface area (Å²) in [5.41, 5.74) is 7.00. The number of hydrogen-bond acceptors (Lipinski definition) is 5. The second-order valence-corrected chi connectivity index (χ2v) is 4.61. The van der Waals surface area contributed by atoms with E-state index in [9.17, 15) is 9.18 Å². The van der Waals surface area contributed by atoms with Gasteiger partial charge in [0.15, 0.2) is 17.2 Å². The summed E-state index contributed by atoms with van der Waals surface area (Å²) in [4.78, 5) is 24.1. The van der Waals surface area contributed by atoms with Crippen LogP contribution in [0.25, 0.3) is 11.2 Å². The number of anilines is 1. The maximum Gasteiger partial charge on any atom is 0.165 e. The van der Waals surface area contributed by atoms with E-state index in [4.69, 9.17) is 5.73 Å². The molecule has 0 bridgehead atoms. The lowest BCUT2D eigenvalue weighted by Gasteiger charge is -2.04. The van der Waals surface area contributed by atoms with Crippen molar-refractivity contribution in [2.75, 3.05) is 5.73 Å². The molecule has 0 radical (unpaired) electrons. The Morgan fingerprint density at radius 3 is 2.86 bits per heavy atom. The van der Waals surface area contributed by atoms with Gasteiger partial charge in [-0.05, 0) is 11.6 Å². The van der Waals surface area contributed by atoms with Gasteiger partial charge in [0.1, 0.15) is 17.7 Å². The van der Waals surface area contributed by atoms with Gasteiger partial charge in [-0.15, -0.1) is 0 Å². The highest BCUT2D eigenvalue weighted by Crippen LogP contribution is 2.14. The second-order valence-electron chi connectivity index (χ2n) is 4.61. The van der Waals surface area contributed by atoms with Crippen LogP contribution < -0.4 is 5.73 Å². The van der Waals surface area contributed by atoms with Gasteiger partial charge in [0.05, 0.1) is 12.9 Å². The van der Waals surface area contributed by atoms with Crippen LogP contribution in [0.5, 0.6) is 0 Å². The van der Waals surface area contributed by atoms with E-state index in [0.717, 1.165) is 0 Å². The first-order valence-corrected chi connectivity index (χ1v) is 6.31. The number of halogens is 1. The molecule has 7 heteroatoms. The highest BCUT2D eigenvalue weighted by Gasteiger charge is 2.12. The highest BCUT2D eigenvalue weighted by atomic mass is 19.1. The number of hydrogen-bond donors (Lipinski definition) is 1. The average molecular weight is 285 g/mol. The molecule has 0 aliphatic carbocycles. The Morgan fingerprint density at radius 2 is 2.05 bits per heavy atom. The van der Waals surface area contributed by atoms with E-state index in [1.807, 2.05) is 0 Å². The van der Waals surface area contributed by atoms with Gasteiger partial charge in [-0.1, -0.05) is 18.2 Å². The Kier molecular flexibility index (Phi) is 3.31. The molecule has 6 nitrogen and oxygen atoms in total. The minimum atomic E-state index is -0.382. The first-order chi connectivity index (χ1) is 10.1. The lowest BCUT2D eigenvalue weighted by atomic mass is 10.1. The van der Waals surface area contributed by atoms with Gasteiger partial charge in [0, 0.05) is 6.42 Å². The number of imidazole rings is 1. The van der Waals surface area contributed by atoms with E-state index in [1.165, 1.54) is 18.7 Å². The van der Waals surface area contributed by atoms with Crippen LogP contribution in [0.4, 0.5) is 10.2 Å². The predicted octanol–water partition coefficient (Wildman–Crippen LogP) is 1.36. The molecule has 2 aromatic heterocycles. The lowest BCUT2D eigenvalue weighted by Crippen LogP contribution is -2.13. The number of carbonyl (C=O) groups excluding carboxylic acids is 1. The number of rotatable bonds is 4. The number of fused-ring (bicyclic) bond motifs is 1. The molecule has 0 unspecified atom stereocenters. The summed E-state index contributed by atoms with van der Waals surface area (Å²) >= 11 is 0. The van der Waals surface area contributed by atoms with Crippen molar-refractivity contribution in [1.29, 1.82) is 0 Å². The molecule has 0 atom stereocenters. The predicted molar refractivity (Wildman–Crippen MR) is 74.8 cm³/mol. The third kappa shape index (κ3) is 2.58. The van der Waals surface area contributed by atoms with E-state index in [0.29, 0.717) is 16.7 Å². The number of carbonyl (C=O) groups is 1. The highest BCUT2D eigenvalue weighted by molar-refractivity contribution is 5.85. The summed E-state index contributed by atoms with van der Waals surface area (Å²) in [6.45, 7) is 0.0568. The SMILES string of the molecule is Nc1ncnc2c1ncn2CC(=O)Cc1ccccc1F. The van der Waals surface area contributed by atoms with Crippen LogP contribution >= 0.6 is 0 Å². The molecule has 1 aromatic carbocycles. The quantitative estimate of drug-likeness (QED) is 0.782. The normalized spacial score (nSPS) is 10.9. The Labute approximate surface area is 119 Å². The van der Waals surface area contributed by atoms with E-state index in [2.05, 4.69) is 15.0 Å². The molecule has 3 aromatic rings. The number of nitrogens with zero attached hydrogens (tertiary/aromatic N) is 4. The fraction of sp³-hybridized carbons (Fsp3) is 0.143. The summed E-state index contributed by atoms with van der Waals surface area (Å²) < 4.78 is 15.1. The van der Waals surface area contributed by atoms with Crippen molar-refractivity contribution in [3.05, 3.63) is 48.3 Å². The molecule has 0 saturated carbocycles. The fourth-order valence-corrected chi connectivity index (χ4v) is 2.11. The number of ketones is 1. The van der Waals surface area contributed by atoms with Crippen LogP contribution in [-0.2, 0) is 17.8 Å². The maximum absolute atomic E-state index is 13.5. The van der Waals surface area contributed by atoms with Crippen molar-refractivity contribution in [3.63, 3.8) is 0 Å². The van der Waals surface area contributed by atoms with Crippen LogP contribution in [-0.4, -0.2) is 25.3 Å². The van der Waals surface area contributed by atoms with Gasteiger partial charge in [-0.2, -0.15) is 0 Å². The number of aromatic nitrogens is 4. The summed E-state index contributed by atoms with van der Waals surface area (Å²) in [5, 5.41) is 0. The van der Waals surface area contributed by atoms with Gasteiger partial charge < -0.3 is 10.3 Å². The number of nitrogens with two attached hydrogens (primary N) is 1. The zero-order valence-corrected chi connectivity index (χ0v) is 11.0. The van der Waals surface area contributed by atoms with Crippen molar-refractivity contribution in [1.82, 2.24) is 19.5 Å². The van der Waals surface area contributed by atoms with Crippen LogP contribution in [0.3, 0.4) is 0 Å². The molecule has 0 saturated heterocycles. The lowest BCUT2D eigenvalue weighted by molar-refractivity contribution is -0.119. The van der Waals surface area contributed by atoms with Gasteiger partial charge in [0.25, 0.3) is 0 Å². The molecule has 0 aliphatic heterocycles. The van der Waals surface area contributed by atoms with Crippen LogP contribution in [0, 0.1) is 5.82 Å². The molecule has 2 heterocycles. The number of nitrogen functional groups attached to an aromatic ring is 1. The molecule has 0 fully saturated rings. The monoisotopic (exact) mass is 285 g/mol. The Morgan fingerprint density at radius 1 is 1.24 bits per heavy atom. The Bertz CT molecular complexity index is 814. The third-order valence-electron chi connectivity index (χ3n) is 3.12. The minimum Gasteiger partial charge on any atom is -0.382 e. The minimum absolute atomic E-state index is 0.0207. The Balaban J connectivity index is 1.81.